The molecule has 0 saturated heterocycles. The predicted molar refractivity (Wildman–Crippen MR) is 117 cm³/mol. The molecule has 1 aromatic heterocycles. The number of anilines is 1. The summed E-state index contributed by atoms with van der Waals surface area (Å²) in [5, 5.41) is 4.35. The molecule has 0 aliphatic carbocycles. The van der Waals surface area contributed by atoms with E-state index in [1.54, 1.807) is 23.7 Å². The van der Waals surface area contributed by atoms with E-state index in [0.717, 1.165) is 22.2 Å². The highest BCUT2D eigenvalue weighted by Crippen LogP contribution is 2.25. The molecular weight excluding hydrogens is 386 g/mol. The Morgan fingerprint density at radius 2 is 1.72 bits per heavy atom. The van der Waals surface area contributed by atoms with E-state index < -0.39 is 0 Å². The van der Waals surface area contributed by atoms with Gasteiger partial charge >= 0.3 is 5.69 Å². The molecular formula is C23H20ClN3O2. The van der Waals surface area contributed by atoms with Crippen LogP contribution in [0.15, 0.2) is 77.6 Å². The van der Waals surface area contributed by atoms with Gasteiger partial charge in [-0.2, -0.15) is 4.98 Å². The van der Waals surface area contributed by atoms with Crippen LogP contribution in [-0.4, -0.2) is 16.6 Å². The summed E-state index contributed by atoms with van der Waals surface area (Å²) >= 11 is 6.21. The van der Waals surface area contributed by atoms with Crippen molar-refractivity contribution in [2.75, 3.05) is 12.4 Å². The molecule has 4 aromatic rings. The molecule has 29 heavy (non-hydrogen) atoms. The number of nitrogens with one attached hydrogen (secondary N) is 1. The topological polar surface area (TPSA) is 56.2 Å². The molecule has 0 saturated carbocycles. The summed E-state index contributed by atoms with van der Waals surface area (Å²) < 4.78 is 7.41. The van der Waals surface area contributed by atoms with E-state index in [4.69, 9.17) is 16.3 Å². The zero-order valence-electron chi connectivity index (χ0n) is 15.9. The van der Waals surface area contributed by atoms with Gasteiger partial charge in [0, 0.05) is 17.5 Å². The van der Waals surface area contributed by atoms with E-state index in [-0.39, 0.29) is 5.69 Å². The minimum absolute atomic E-state index is 0.369. The first-order valence-electron chi connectivity index (χ1n) is 9.27. The van der Waals surface area contributed by atoms with Crippen molar-refractivity contribution in [1.82, 2.24) is 9.55 Å². The van der Waals surface area contributed by atoms with E-state index in [1.807, 2.05) is 60.7 Å². The molecule has 0 aliphatic heterocycles. The minimum atomic E-state index is -0.369. The third kappa shape index (κ3) is 4.16. The summed E-state index contributed by atoms with van der Waals surface area (Å²) in [6.45, 7) is 0.972. The number of halogens is 1. The Bertz CT molecular complexity index is 1210. The van der Waals surface area contributed by atoms with Gasteiger partial charge in [-0.3, -0.25) is 4.57 Å². The fourth-order valence-corrected chi connectivity index (χ4v) is 3.45. The number of hydrogen-bond acceptors (Lipinski definition) is 4. The maximum absolute atomic E-state index is 12.8. The molecule has 0 unspecified atom stereocenters. The Labute approximate surface area is 173 Å². The Kier molecular flexibility index (Phi) is 5.60. The van der Waals surface area contributed by atoms with Crippen molar-refractivity contribution in [1.29, 1.82) is 0 Å². The third-order valence-corrected chi connectivity index (χ3v) is 4.88. The van der Waals surface area contributed by atoms with Crippen LogP contribution in [0.3, 0.4) is 0 Å². The Hall–Kier alpha value is -3.15. The maximum Gasteiger partial charge on any atom is 0.354 e. The zero-order valence-corrected chi connectivity index (χ0v) is 16.7. The van der Waals surface area contributed by atoms with Crippen LogP contribution < -0.4 is 11.0 Å². The molecule has 1 N–H and O–H groups in total. The number of rotatable bonds is 6. The lowest BCUT2D eigenvalue weighted by Gasteiger charge is -2.14. The standard InChI is InChI=1S/C23H20ClN3O2/c1-25-22-20-11-10-18(24)13-21(20)27(23(28)26-22)19-9-5-8-17(12-19)15-29-14-16-6-3-2-4-7-16/h2-13H,14-15H2,1H3,(H,25,26,28). The average molecular weight is 406 g/mol. The minimum Gasteiger partial charge on any atom is -0.372 e. The normalized spacial score (nSPS) is 11.0. The third-order valence-electron chi connectivity index (χ3n) is 4.64. The quantitative estimate of drug-likeness (QED) is 0.500. The first-order chi connectivity index (χ1) is 14.2. The summed E-state index contributed by atoms with van der Waals surface area (Å²) in [5.41, 5.74) is 3.14. The second kappa shape index (κ2) is 8.47. The summed E-state index contributed by atoms with van der Waals surface area (Å²) in [6, 6.07) is 23.1. The molecule has 0 atom stereocenters. The lowest BCUT2D eigenvalue weighted by Crippen LogP contribution is -2.23. The van der Waals surface area contributed by atoms with Gasteiger partial charge in [0.05, 0.1) is 24.4 Å². The highest BCUT2D eigenvalue weighted by Gasteiger charge is 2.12. The van der Waals surface area contributed by atoms with Gasteiger partial charge < -0.3 is 10.1 Å². The molecule has 0 aliphatic rings. The number of aromatic nitrogens is 2. The van der Waals surface area contributed by atoms with Gasteiger partial charge in [-0.25, -0.2) is 4.79 Å². The fraction of sp³-hybridized carbons (Fsp3) is 0.130. The van der Waals surface area contributed by atoms with Crippen molar-refractivity contribution in [2.45, 2.75) is 13.2 Å². The Balaban J connectivity index is 1.68. The summed E-state index contributed by atoms with van der Waals surface area (Å²) in [7, 11) is 1.74. The van der Waals surface area contributed by atoms with Crippen LogP contribution in [0.4, 0.5) is 5.82 Å². The lowest BCUT2D eigenvalue weighted by atomic mass is 10.1. The van der Waals surface area contributed by atoms with E-state index in [0.29, 0.717) is 29.6 Å². The molecule has 1 heterocycles. The predicted octanol–water partition coefficient (Wildman–Crippen LogP) is 4.80. The molecule has 0 spiro atoms. The zero-order chi connectivity index (χ0) is 20.2. The highest BCUT2D eigenvalue weighted by atomic mass is 35.5. The molecule has 0 fully saturated rings. The summed E-state index contributed by atoms with van der Waals surface area (Å²) in [6.07, 6.45) is 0. The van der Waals surface area contributed by atoms with Crippen LogP contribution in [0.2, 0.25) is 5.02 Å². The van der Waals surface area contributed by atoms with E-state index in [2.05, 4.69) is 10.3 Å². The van der Waals surface area contributed by atoms with E-state index in [9.17, 15) is 4.79 Å². The van der Waals surface area contributed by atoms with Crippen molar-refractivity contribution < 1.29 is 4.74 Å². The second-order valence-electron chi connectivity index (χ2n) is 6.64. The number of fused-ring (bicyclic) bond motifs is 1. The lowest BCUT2D eigenvalue weighted by molar-refractivity contribution is 0.107. The average Bonchev–Trinajstić information content (AvgIpc) is 2.74. The molecule has 146 valence electrons. The van der Waals surface area contributed by atoms with Gasteiger partial charge in [0.25, 0.3) is 0 Å². The maximum atomic E-state index is 12.8. The van der Waals surface area contributed by atoms with Crippen LogP contribution in [0, 0.1) is 0 Å². The SMILES string of the molecule is CNc1nc(=O)n(-c2cccc(COCc3ccccc3)c2)c2cc(Cl)ccc12. The van der Waals surface area contributed by atoms with Crippen LogP contribution in [0.1, 0.15) is 11.1 Å². The van der Waals surface area contributed by atoms with Crippen molar-refractivity contribution in [3.8, 4) is 5.69 Å². The number of ether oxygens (including phenoxy) is 1. The Morgan fingerprint density at radius 1 is 0.966 bits per heavy atom. The second-order valence-corrected chi connectivity index (χ2v) is 7.07. The summed E-state index contributed by atoms with van der Waals surface area (Å²) in [4.78, 5) is 17.0. The number of hydrogen-bond donors (Lipinski definition) is 1. The number of benzene rings is 3. The van der Waals surface area contributed by atoms with Crippen LogP contribution in [0.5, 0.6) is 0 Å². The van der Waals surface area contributed by atoms with Crippen molar-refractivity contribution in [2.24, 2.45) is 0 Å². The van der Waals surface area contributed by atoms with Gasteiger partial charge in [0.1, 0.15) is 5.82 Å². The van der Waals surface area contributed by atoms with Crippen molar-refractivity contribution in [3.63, 3.8) is 0 Å². The van der Waals surface area contributed by atoms with Gasteiger partial charge in [-0.1, -0.05) is 54.1 Å². The molecule has 5 nitrogen and oxygen atoms in total. The van der Waals surface area contributed by atoms with Gasteiger partial charge in [-0.15, -0.1) is 0 Å². The first kappa shape index (κ1) is 19.2. The first-order valence-corrected chi connectivity index (χ1v) is 9.64. The summed E-state index contributed by atoms with van der Waals surface area (Å²) in [5.74, 6) is 0.528. The monoisotopic (exact) mass is 405 g/mol. The van der Waals surface area contributed by atoms with Crippen LogP contribution in [0.25, 0.3) is 16.6 Å². The van der Waals surface area contributed by atoms with Crippen LogP contribution in [-0.2, 0) is 18.0 Å². The van der Waals surface area contributed by atoms with Gasteiger partial charge in [0.15, 0.2) is 0 Å². The largest absolute Gasteiger partial charge is 0.372 e. The molecule has 0 radical (unpaired) electrons. The Morgan fingerprint density at radius 3 is 2.52 bits per heavy atom. The molecule has 6 heteroatoms. The fourth-order valence-electron chi connectivity index (χ4n) is 3.29. The van der Waals surface area contributed by atoms with E-state index in [1.165, 1.54) is 0 Å². The molecule has 3 aromatic carbocycles. The highest BCUT2D eigenvalue weighted by molar-refractivity contribution is 6.31. The van der Waals surface area contributed by atoms with Crippen LogP contribution >= 0.6 is 11.6 Å². The van der Waals surface area contributed by atoms with Gasteiger partial charge in [-0.05, 0) is 41.5 Å². The van der Waals surface area contributed by atoms with Crippen molar-refractivity contribution >= 4 is 28.3 Å². The molecule has 0 amide bonds. The number of nitrogens with zero attached hydrogens (tertiary/aromatic N) is 2. The molecule has 4 rings (SSSR count). The van der Waals surface area contributed by atoms with E-state index >= 15 is 0 Å². The van der Waals surface area contributed by atoms with Gasteiger partial charge in [0.2, 0.25) is 0 Å². The molecule has 0 bridgehead atoms. The van der Waals surface area contributed by atoms with Crippen molar-refractivity contribution in [3.05, 3.63) is 99.4 Å². The smallest absolute Gasteiger partial charge is 0.354 e.